The monoisotopic (exact) mass is 156 g/mol. The maximum atomic E-state index is 4.93. The topological polar surface area (TPSA) is 9.23 Å². The Morgan fingerprint density at radius 1 is 1.60 bits per heavy atom. The van der Waals surface area contributed by atoms with Gasteiger partial charge in [-0.1, -0.05) is 30.0 Å². The van der Waals surface area contributed by atoms with Crippen molar-refractivity contribution < 1.29 is 4.74 Å². The maximum absolute atomic E-state index is 4.93. The molecule has 0 fully saturated rings. The van der Waals surface area contributed by atoms with Crippen LogP contribution in [0, 0.1) is 0 Å². The predicted molar refractivity (Wildman–Crippen MR) is 45.9 cm³/mol. The van der Waals surface area contributed by atoms with Crippen molar-refractivity contribution in [2.45, 2.75) is 12.8 Å². The molecule has 0 aliphatic heterocycles. The SMILES string of the molecule is COCSC1=CCCC=C1. The second-order valence-electron chi connectivity index (χ2n) is 2.14. The number of allylic oxidation sites excluding steroid dienone is 3. The molecule has 0 aromatic rings. The van der Waals surface area contributed by atoms with Crippen molar-refractivity contribution in [1.29, 1.82) is 0 Å². The molecule has 0 heterocycles. The number of hydrogen-bond acceptors (Lipinski definition) is 2. The molecule has 0 saturated heterocycles. The quantitative estimate of drug-likeness (QED) is 0.581. The summed E-state index contributed by atoms with van der Waals surface area (Å²) in [6, 6.07) is 0. The molecule has 0 saturated carbocycles. The van der Waals surface area contributed by atoms with Crippen molar-refractivity contribution in [2.24, 2.45) is 0 Å². The average Bonchev–Trinajstić information content (AvgIpc) is 2.03. The van der Waals surface area contributed by atoms with Gasteiger partial charge in [-0.3, -0.25) is 0 Å². The lowest BCUT2D eigenvalue weighted by molar-refractivity contribution is 0.259. The Morgan fingerprint density at radius 2 is 2.50 bits per heavy atom. The van der Waals surface area contributed by atoms with Crippen LogP contribution in [0.25, 0.3) is 0 Å². The highest BCUT2D eigenvalue weighted by molar-refractivity contribution is 8.03. The van der Waals surface area contributed by atoms with Crippen LogP contribution in [0.1, 0.15) is 12.8 Å². The van der Waals surface area contributed by atoms with E-state index in [-0.39, 0.29) is 0 Å². The standard InChI is InChI=1S/C8H12OS/c1-9-7-10-8-5-3-2-4-6-8/h3,5-6H,2,4,7H2,1H3. The van der Waals surface area contributed by atoms with Gasteiger partial charge in [0.25, 0.3) is 0 Å². The van der Waals surface area contributed by atoms with Crippen LogP contribution in [0.5, 0.6) is 0 Å². The smallest absolute Gasteiger partial charge is 0.0963 e. The fraction of sp³-hybridized carbons (Fsp3) is 0.500. The van der Waals surface area contributed by atoms with E-state index >= 15 is 0 Å². The van der Waals surface area contributed by atoms with Crippen LogP contribution < -0.4 is 0 Å². The summed E-state index contributed by atoms with van der Waals surface area (Å²) in [6.07, 6.45) is 8.99. The molecular weight excluding hydrogens is 144 g/mol. The third-order valence-electron chi connectivity index (χ3n) is 1.30. The molecule has 0 radical (unpaired) electrons. The Bertz CT molecular complexity index is 149. The lowest BCUT2D eigenvalue weighted by Crippen LogP contribution is -1.84. The van der Waals surface area contributed by atoms with Crippen molar-refractivity contribution in [3.63, 3.8) is 0 Å². The first-order chi connectivity index (χ1) is 4.93. The second kappa shape index (κ2) is 4.58. The fourth-order valence-corrected chi connectivity index (χ4v) is 1.51. The van der Waals surface area contributed by atoms with E-state index in [9.17, 15) is 0 Å². The zero-order valence-corrected chi connectivity index (χ0v) is 6.99. The highest BCUT2D eigenvalue weighted by atomic mass is 32.2. The van der Waals surface area contributed by atoms with Crippen LogP contribution in [0.4, 0.5) is 0 Å². The van der Waals surface area contributed by atoms with Crippen LogP contribution in [0.3, 0.4) is 0 Å². The number of methoxy groups -OCH3 is 1. The lowest BCUT2D eigenvalue weighted by atomic mass is 10.2. The second-order valence-corrected chi connectivity index (χ2v) is 3.13. The fourth-order valence-electron chi connectivity index (χ4n) is 0.823. The van der Waals surface area contributed by atoms with Gasteiger partial charge in [0.2, 0.25) is 0 Å². The highest BCUT2D eigenvalue weighted by Crippen LogP contribution is 2.21. The van der Waals surface area contributed by atoms with E-state index in [0.29, 0.717) is 0 Å². The van der Waals surface area contributed by atoms with E-state index in [2.05, 4.69) is 18.2 Å². The number of ether oxygens (including phenoxy) is 1. The van der Waals surface area contributed by atoms with Gasteiger partial charge < -0.3 is 4.74 Å². The summed E-state index contributed by atoms with van der Waals surface area (Å²) in [5.74, 6) is 0.760. The summed E-state index contributed by atoms with van der Waals surface area (Å²) in [6.45, 7) is 0. The highest BCUT2D eigenvalue weighted by Gasteiger charge is 1.95. The summed E-state index contributed by atoms with van der Waals surface area (Å²) in [5.41, 5.74) is 0. The van der Waals surface area contributed by atoms with Gasteiger partial charge in [-0.2, -0.15) is 0 Å². The molecule has 2 heteroatoms. The van der Waals surface area contributed by atoms with Crippen LogP contribution >= 0.6 is 11.8 Å². The van der Waals surface area contributed by atoms with Gasteiger partial charge in [-0.15, -0.1) is 0 Å². The van der Waals surface area contributed by atoms with E-state index in [1.165, 1.54) is 17.7 Å². The zero-order valence-electron chi connectivity index (χ0n) is 6.17. The summed E-state index contributed by atoms with van der Waals surface area (Å²) in [7, 11) is 1.72. The molecule has 0 aromatic carbocycles. The van der Waals surface area contributed by atoms with Gasteiger partial charge in [0, 0.05) is 12.0 Å². The Morgan fingerprint density at radius 3 is 3.10 bits per heavy atom. The van der Waals surface area contributed by atoms with Crippen LogP contribution in [0.15, 0.2) is 23.1 Å². The Labute approximate surface area is 66.1 Å². The molecular formula is C8H12OS. The van der Waals surface area contributed by atoms with Crippen molar-refractivity contribution in [1.82, 2.24) is 0 Å². The summed E-state index contributed by atoms with van der Waals surface area (Å²) in [4.78, 5) is 1.34. The summed E-state index contributed by atoms with van der Waals surface area (Å²) >= 11 is 1.75. The molecule has 0 bridgehead atoms. The van der Waals surface area contributed by atoms with E-state index in [1.807, 2.05) is 0 Å². The van der Waals surface area contributed by atoms with Crippen molar-refractivity contribution in [2.75, 3.05) is 13.0 Å². The van der Waals surface area contributed by atoms with E-state index in [4.69, 9.17) is 4.74 Å². The normalized spacial score (nSPS) is 17.1. The van der Waals surface area contributed by atoms with Crippen molar-refractivity contribution in [3.8, 4) is 0 Å². The Kier molecular flexibility index (Phi) is 3.62. The molecule has 0 spiro atoms. The van der Waals surface area contributed by atoms with Gasteiger partial charge in [0.15, 0.2) is 0 Å². The zero-order chi connectivity index (χ0) is 7.23. The van der Waals surface area contributed by atoms with Gasteiger partial charge in [-0.25, -0.2) is 0 Å². The van der Waals surface area contributed by atoms with Gasteiger partial charge in [0.1, 0.15) is 0 Å². The average molecular weight is 156 g/mol. The van der Waals surface area contributed by atoms with Crippen molar-refractivity contribution >= 4 is 11.8 Å². The minimum atomic E-state index is 0.760. The lowest BCUT2D eigenvalue weighted by Gasteiger charge is -2.04. The number of rotatable bonds is 3. The van der Waals surface area contributed by atoms with Gasteiger partial charge in [-0.05, 0) is 12.8 Å². The van der Waals surface area contributed by atoms with Crippen LogP contribution in [-0.2, 0) is 4.74 Å². The first kappa shape index (κ1) is 7.89. The molecule has 0 atom stereocenters. The Balaban J connectivity index is 2.26. The molecule has 1 nitrogen and oxygen atoms in total. The Hall–Kier alpha value is -0.210. The van der Waals surface area contributed by atoms with Gasteiger partial charge >= 0.3 is 0 Å². The van der Waals surface area contributed by atoms with Crippen LogP contribution in [0.2, 0.25) is 0 Å². The van der Waals surface area contributed by atoms with Crippen LogP contribution in [-0.4, -0.2) is 13.0 Å². The van der Waals surface area contributed by atoms with Gasteiger partial charge in [0.05, 0.1) is 5.94 Å². The molecule has 0 aromatic heterocycles. The molecule has 0 N–H and O–H groups in total. The third-order valence-corrected chi connectivity index (χ3v) is 2.29. The largest absolute Gasteiger partial charge is 0.374 e. The third kappa shape index (κ3) is 2.58. The molecule has 1 aliphatic carbocycles. The van der Waals surface area contributed by atoms with E-state index in [0.717, 1.165) is 5.94 Å². The van der Waals surface area contributed by atoms with Crippen molar-refractivity contribution in [3.05, 3.63) is 23.1 Å². The minimum Gasteiger partial charge on any atom is -0.374 e. The molecule has 10 heavy (non-hydrogen) atoms. The van der Waals surface area contributed by atoms with E-state index < -0.39 is 0 Å². The predicted octanol–water partition coefficient (Wildman–Crippen LogP) is 2.56. The molecule has 0 unspecified atom stereocenters. The number of hydrogen-bond donors (Lipinski definition) is 0. The summed E-state index contributed by atoms with van der Waals surface area (Å²) in [5, 5.41) is 0. The first-order valence-electron chi connectivity index (χ1n) is 3.42. The minimum absolute atomic E-state index is 0.760. The summed E-state index contributed by atoms with van der Waals surface area (Å²) < 4.78 is 4.93. The molecule has 1 rings (SSSR count). The molecule has 56 valence electrons. The molecule has 0 amide bonds. The number of thioether (sulfide) groups is 1. The van der Waals surface area contributed by atoms with E-state index in [1.54, 1.807) is 18.9 Å². The maximum Gasteiger partial charge on any atom is 0.0963 e. The first-order valence-corrected chi connectivity index (χ1v) is 4.40. The molecule has 1 aliphatic rings.